The van der Waals surface area contributed by atoms with Gasteiger partial charge in [-0.1, -0.05) is 19.8 Å². The van der Waals surface area contributed by atoms with E-state index in [-0.39, 0.29) is 11.8 Å². The van der Waals surface area contributed by atoms with Crippen molar-refractivity contribution in [1.29, 1.82) is 0 Å². The quantitative estimate of drug-likeness (QED) is 0.755. The Morgan fingerprint density at radius 1 is 1.35 bits per heavy atom. The summed E-state index contributed by atoms with van der Waals surface area (Å²) in [5.41, 5.74) is 0. The van der Waals surface area contributed by atoms with Crippen LogP contribution in [0.5, 0.6) is 0 Å². The van der Waals surface area contributed by atoms with Crippen LogP contribution in [0.25, 0.3) is 0 Å². The predicted octanol–water partition coefficient (Wildman–Crippen LogP) is 1.24. The maximum atomic E-state index is 11.8. The number of nitrogens with one attached hydrogen (secondary N) is 2. The molecule has 3 unspecified atom stereocenters. The SMILES string of the molecule is CCC1CC1NS(=O)(=O)CCC1CCCCN1. The third kappa shape index (κ3) is 4.23. The van der Waals surface area contributed by atoms with E-state index >= 15 is 0 Å². The largest absolute Gasteiger partial charge is 0.314 e. The molecule has 0 bridgehead atoms. The van der Waals surface area contributed by atoms with Gasteiger partial charge in [0.2, 0.25) is 10.0 Å². The van der Waals surface area contributed by atoms with E-state index in [0.717, 1.165) is 32.2 Å². The van der Waals surface area contributed by atoms with Gasteiger partial charge < -0.3 is 5.32 Å². The first kappa shape index (κ1) is 13.3. The summed E-state index contributed by atoms with van der Waals surface area (Å²) in [5.74, 6) is 0.856. The van der Waals surface area contributed by atoms with Crippen LogP contribution in [0, 0.1) is 5.92 Å². The number of rotatable bonds is 6. The van der Waals surface area contributed by atoms with Gasteiger partial charge in [-0.05, 0) is 38.1 Å². The fourth-order valence-corrected chi connectivity index (χ4v) is 4.06. The molecule has 5 heteroatoms. The van der Waals surface area contributed by atoms with Crippen molar-refractivity contribution in [3.63, 3.8) is 0 Å². The van der Waals surface area contributed by atoms with E-state index in [4.69, 9.17) is 0 Å². The van der Waals surface area contributed by atoms with E-state index in [1.165, 1.54) is 12.8 Å². The van der Waals surface area contributed by atoms with Gasteiger partial charge in [0.25, 0.3) is 0 Å². The van der Waals surface area contributed by atoms with Crippen molar-refractivity contribution in [2.24, 2.45) is 5.92 Å². The normalized spacial score (nSPS) is 33.6. The van der Waals surface area contributed by atoms with Crippen molar-refractivity contribution in [2.75, 3.05) is 12.3 Å². The van der Waals surface area contributed by atoms with Gasteiger partial charge in [-0.25, -0.2) is 13.1 Å². The van der Waals surface area contributed by atoms with Crippen LogP contribution in [-0.2, 0) is 10.0 Å². The highest BCUT2D eigenvalue weighted by atomic mass is 32.2. The molecular formula is C12H24N2O2S. The second kappa shape index (κ2) is 5.67. The molecule has 2 N–H and O–H groups in total. The fraction of sp³-hybridized carbons (Fsp3) is 1.00. The molecule has 3 atom stereocenters. The molecule has 1 aliphatic heterocycles. The Morgan fingerprint density at radius 3 is 2.76 bits per heavy atom. The average Bonchev–Trinajstić information content (AvgIpc) is 3.06. The van der Waals surface area contributed by atoms with Crippen LogP contribution in [0.2, 0.25) is 0 Å². The van der Waals surface area contributed by atoms with E-state index in [0.29, 0.717) is 12.0 Å². The monoisotopic (exact) mass is 260 g/mol. The predicted molar refractivity (Wildman–Crippen MR) is 69.4 cm³/mol. The zero-order chi connectivity index (χ0) is 12.3. The third-order valence-corrected chi connectivity index (χ3v) is 5.36. The molecule has 0 radical (unpaired) electrons. The van der Waals surface area contributed by atoms with E-state index in [1.807, 2.05) is 0 Å². The number of piperidine rings is 1. The van der Waals surface area contributed by atoms with Gasteiger partial charge in [0.15, 0.2) is 0 Å². The van der Waals surface area contributed by atoms with Crippen LogP contribution >= 0.6 is 0 Å². The van der Waals surface area contributed by atoms with E-state index in [2.05, 4.69) is 17.0 Å². The molecule has 0 spiro atoms. The summed E-state index contributed by atoms with van der Waals surface area (Å²) in [4.78, 5) is 0. The molecule has 1 saturated heterocycles. The first-order valence-corrected chi connectivity index (χ1v) is 8.49. The molecule has 2 rings (SSSR count). The summed E-state index contributed by atoms with van der Waals surface area (Å²) in [7, 11) is -3.05. The summed E-state index contributed by atoms with van der Waals surface area (Å²) in [5, 5.41) is 3.39. The van der Waals surface area contributed by atoms with E-state index < -0.39 is 10.0 Å². The van der Waals surface area contributed by atoms with Crippen molar-refractivity contribution in [3.8, 4) is 0 Å². The molecule has 2 aliphatic rings. The molecule has 0 aromatic carbocycles. The van der Waals surface area contributed by atoms with Gasteiger partial charge in [-0.15, -0.1) is 0 Å². The molecule has 17 heavy (non-hydrogen) atoms. The Kier molecular flexibility index (Phi) is 4.44. The topological polar surface area (TPSA) is 58.2 Å². The Labute approximate surface area is 105 Å². The minimum atomic E-state index is -3.05. The molecule has 1 aliphatic carbocycles. The fourth-order valence-electron chi connectivity index (χ4n) is 2.60. The molecule has 2 fully saturated rings. The van der Waals surface area contributed by atoms with Gasteiger partial charge in [0, 0.05) is 12.1 Å². The number of hydrogen-bond donors (Lipinski definition) is 2. The molecule has 1 heterocycles. The lowest BCUT2D eigenvalue weighted by atomic mass is 10.0. The summed E-state index contributed by atoms with van der Waals surface area (Å²) >= 11 is 0. The minimum absolute atomic E-state index is 0.226. The molecule has 0 aromatic heterocycles. The summed E-state index contributed by atoms with van der Waals surface area (Å²) in [6.07, 6.45) is 6.43. The van der Waals surface area contributed by atoms with Gasteiger partial charge in [-0.3, -0.25) is 0 Å². The number of hydrogen-bond acceptors (Lipinski definition) is 3. The van der Waals surface area contributed by atoms with E-state index in [9.17, 15) is 8.42 Å². The highest BCUT2D eigenvalue weighted by molar-refractivity contribution is 7.89. The van der Waals surface area contributed by atoms with Crippen molar-refractivity contribution in [1.82, 2.24) is 10.0 Å². The van der Waals surface area contributed by atoms with Crippen LogP contribution in [0.3, 0.4) is 0 Å². The highest BCUT2D eigenvalue weighted by Crippen LogP contribution is 2.33. The van der Waals surface area contributed by atoms with Gasteiger partial charge in [0.1, 0.15) is 0 Å². The minimum Gasteiger partial charge on any atom is -0.314 e. The molecule has 0 aromatic rings. The van der Waals surface area contributed by atoms with Gasteiger partial charge in [-0.2, -0.15) is 0 Å². The first-order chi connectivity index (χ1) is 8.11. The van der Waals surface area contributed by atoms with Crippen LogP contribution in [0.4, 0.5) is 0 Å². The first-order valence-electron chi connectivity index (χ1n) is 6.84. The van der Waals surface area contributed by atoms with Crippen LogP contribution in [0.15, 0.2) is 0 Å². The Morgan fingerprint density at radius 2 is 2.18 bits per heavy atom. The zero-order valence-electron chi connectivity index (χ0n) is 10.6. The Balaban J connectivity index is 1.69. The lowest BCUT2D eigenvalue weighted by molar-refractivity contribution is 0.392. The van der Waals surface area contributed by atoms with Crippen molar-refractivity contribution in [3.05, 3.63) is 0 Å². The van der Waals surface area contributed by atoms with Crippen molar-refractivity contribution < 1.29 is 8.42 Å². The molecule has 4 nitrogen and oxygen atoms in total. The van der Waals surface area contributed by atoms with Crippen LogP contribution in [-0.4, -0.2) is 32.8 Å². The third-order valence-electron chi connectivity index (χ3n) is 3.93. The second-order valence-corrected chi connectivity index (χ2v) is 7.26. The Hall–Kier alpha value is -0.130. The van der Waals surface area contributed by atoms with E-state index in [1.54, 1.807) is 0 Å². The molecular weight excluding hydrogens is 236 g/mol. The summed E-state index contributed by atoms with van der Waals surface area (Å²) in [6, 6.07) is 0.630. The average molecular weight is 260 g/mol. The van der Waals surface area contributed by atoms with Gasteiger partial charge in [0.05, 0.1) is 5.75 Å². The van der Waals surface area contributed by atoms with Crippen LogP contribution in [0.1, 0.15) is 45.4 Å². The molecule has 0 amide bonds. The second-order valence-electron chi connectivity index (χ2n) is 5.38. The maximum Gasteiger partial charge on any atom is 0.211 e. The Bertz CT molecular complexity index is 336. The van der Waals surface area contributed by atoms with Crippen molar-refractivity contribution >= 4 is 10.0 Å². The highest BCUT2D eigenvalue weighted by Gasteiger charge is 2.38. The standard InChI is InChI=1S/C12H24N2O2S/c1-2-10-9-12(10)14-17(15,16)8-6-11-5-3-4-7-13-11/h10-14H,2-9H2,1H3. The molecule has 1 saturated carbocycles. The van der Waals surface area contributed by atoms with Crippen LogP contribution < -0.4 is 10.0 Å². The van der Waals surface area contributed by atoms with Crippen molar-refractivity contribution in [2.45, 2.75) is 57.5 Å². The number of sulfonamides is 1. The smallest absolute Gasteiger partial charge is 0.211 e. The molecule has 100 valence electrons. The summed E-state index contributed by atoms with van der Waals surface area (Å²) in [6.45, 7) is 3.16. The lowest BCUT2D eigenvalue weighted by Crippen LogP contribution is -2.37. The summed E-state index contributed by atoms with van der Waals surface area (Å²) < 4.78 is 26.5. The zero-order valence-corrected chi connectivity index (χ0v) is 11.4. The maximum absolute atomic E-state index is 11.8. The lowest BCUT2D eigenvalue weighted by Gasteiger charge is -2.23. The van der Waals surface area contributed by atoms with Gasteiger partial charge >= 0.3 is 0 Å².